The molecule has 1 aromatic carbocycles. The second kappa shape index (κ2) is 7.04. The second-order valence-electron chi connectivity index (χ2n) is 6.04. The van der Waals surface area contributed by atoms with E-state index in [0.29, 0.717) is 24.0 Å². The van der Waals surface area contributed by atoms with Crippen molar-refractivity contribution in [3.8, 4) is 11.8 Å². The molecule has 126 valence electrons. The van der Waals surface area contributed by atoms with Gasteiger partial charge in [0.2, 0.25) is 0 Å². The van der Waals surface area contributed by atoms with Gasteiger partial charge in [-0.3, -0.25) is 4.98 Å². The van der Waals surface area contributed by atoms with Crippen LogP contribution < -0.4 is 16.7 Å². The van der Waals surface area contributed by atoms with Gasteiger partial charge in [-0.1, -0.05) is 11.8 Å². The minimum absolute atomic E-state index is 0.258. The van der Waals surface area contributed by atoms with E-state index in [-0.39, 0.29) is 5.39 Å². The third kappa shape index (κ3) is 5.02. The van der Waals surface area contributed by atoms with Gasteiger partial charge in [-0.2, -0.15) is 0 Å². The summed E-state index contributed by atoms with van der Waals surface area (Å²) in [6, 6.07) is 4.83. The lowest BCUT2D eigenvalue weighted by atomic mass is 10.1. The largest absolute Gasteiger partial charge is 0.444 e. The summed E-state index contributed by atoms with van der Waals surface area (Å²) in [5.74, 6) is 4.98. The zero-order valence-corrected chi connectivity index (χ0v) is 13.7. The van der Waals surface area contributed by atoms with Crippen LogP contribution in [0.1, 0.15) is 32.8 Å². The van der Waals surface area contributed by atoms with Gasteiger partial charge in [0.25, 0.3) is 0 Å². The molecule has 0 aliphatic rings. The second-order valence-corrected chi connectivity index (χ2v) is 6.04. The summed E-state index contributed by atoms with van der Waals surface area (Å²) in [5, 5.41) is 2.86. The number of ether oxygens (including phenoxy) is 1. The van der Waals surface area contributed by atoms with E-state index in [1.165, 1.54) is 0 Å². The summed E-state index contributed by atoms with van der Waals surface area (Å²) < 4.78 is 9.58. The lowest BCUT2D eigenvalue weighted by Crippen LogP contribution is -2.32. The smallest absolute Gasteiger partial charge is 0.419 e. The average Bonchev–Trinajstić information content (AvgIpc) is 2.45. The Morgan fingerprint density at radius 2 is 2.08 bits per heavy atom. The number of carbonyl (C=O) groups excluding carboxylic acids is 1. The first-order valence-corrected chi connectivity index (χ1v) is 7.37. The highest BCUT2D eigenvalue weighted by Crippen LogP contribution is 2.08. The van der Waals surface area contributed by atoms with Gasteiger partial charge < -0.3 is 14.5 Å². The summed E-state index contributed by atoms with van der Waals surface area (Å²) in [4.78, 5) is 36.6. The Morgan fingerprint density at radius 3 is 2.79 bits per heavy atom. The van der Waals surface area contributed by atoms with Gasteiger partial charge in [0.05, 0.1) is 10.9 Å². The predicted molar refractivity (Wildman–Crippen MR) is 88.8 cm³/mol. The van der Waals surface area contributed by atoms with E-state index >= 15 is 0 Å². The summed E-state index contributed by atoms with van der Waals surface area (Å²) >= 11 is 0. The molecule has 0 spiro atoms. The van der Waals surface area contributed by atoms with Crippen molar-refractivity contribution in [3.63, 3.8) is 0 Å². The molecule has 0 saturated heterocycles. The Bertz CT molecular complexity index is 922. The molecule has 1 aromatic heterocycles. The molecule has 2 N–H and O–H groups in total. The molecular formula is C17H18N2O5. The summed E-state index contributed by atoms with van der Waals surface area (Å²) in [6.45, 7) is 5.71. The fraction of sp³-hybridized carbons (Fsp3) is 0.353. The van der Waals surface area contributed by atoms with Crippen molar-refractivity contribution >= 4 is 17.0 Å². The van der Waals surface area contributed by atoms with Crippen LogP contribution in [0, 0.1) is 11.8 Å². The van der Waals surface area contributed by atoms with Crippen molar-refractivity contribution < 1.29 is 13.9 Å². The first-order chi connectivity index (χ1) is 11.2. The van der Waals surface area contributed by atoms with Crippen molar-refractivity contribution in [2.24, 2.45) is 0 Å². The highest BCUT2D eigenvalue weighted by molar-refractivity contribution is 5.78. The Morgan fingerprint density at radius 1 is 1.33 bits per heavy atom. The number of amides is 1. The van der Waals surface area contributed by atoms with Gasteiger partial charge in [0.1, 0.15) is 5.60 Å². The lowest BCUT2D eigenvalue weighted by Gasteiger charge is -2.19. The van der Waals surface area contributed by atoms with Gasteiger partial charge in [0, 0.05) is 18.5 Å². The number of carbonyl (C=O) groups is 1. The van der Waals surface area contributed by atoms with Crippen molar-refractivity contribution in [1.29, 1.82) is 0 Å². The first kappa shape index (κ1) is 17.3. The Hall–Kier alpha value is -3.01. The number of hydrogen-bond donors (Lipinski definition) is 2. The molecule has 2 aromatic rings. The van der Waals surface area contributed by atoms with Crippen molar-refractivity contribution in [2.75, 3.05) is 6.54 Å². The van der Waals surface area contributed by atoms with E-state index in [9.17, 15) is 14.4 Å². The van der Waals surface area contributed by atoms with Crippen LogP contribution in [0.15, 0.2) is 32.2 Å². The Balaban J connectivity index is 1.97. The van der Waals surface area contributed by atoms with Gasteiger partial charge >= 0.3 is 17.5 Å². The molecule has 24 heavy (non-hydrogen) atoms. The van der Waals surface area contributed by atoms with Gasteiger partial charge in [-0.25, -0.2) is 14.4 Å². The van der Waals surface area contributed by atoms with Crippen LogP contribution in [0.25, 0.3) is 10.9 Å². The minimum atomic E-state index is -0.792. The monoisotopic (exact) mass is 330 g/mol. The molecule has 7 heteroatoms. The normalized spacial score (nSPS) is 10.8. The highest BCUT2D eigenvalue weighted by atomic mass is 16.6. The minimum Gasteiger partial charge on any atom is -0.444 e. The zero-order valence-electron chi connectivity index (χ0n) is 13.7. The fourth-order valence-corrected chi connectivity index (χ4v) is 1.88. The van der Waals surface area contributed by atoms with Crippen molar-refractivity contribution in [2.45, 2.75) is 32.8 Å². The predicted octanol–water partition coefficient (Wildman–Crippen LogP) is 1.75. The maximum absolute atomic E-state index is 11.6. The summed E-state index contributed by atoms with van der Waals surface area (Å²) in [6.07, 6.45) is -0.0612. The lowest BCUT2D eigenvalue weighted by molar-refractivity contribution is 0.0529. The fourth-order valence-electron chi connectivity index (χ4n) is 1.88. The highest BCUT2D eigenvalue weighted by Gasteiger charge is 2.15. The number of hydrogen-bond acceptors (Lipinski definition) is 5. The van der Waals surface area contributed by atoms with Crippen LogP contribution in [-0.4, -0.2) is 23.2 Å². The maximum atomic E-state index is 11.6. The van der Waals surface area contributed by atoms with Crippen molar-refractivity contribution in [1.82, 2.24) is 10.3 Å². The van der Waals surface area contributed by atoms with Gasteiger partial charge in [0.15, 0.2) is 0 Å². The molecule has 0 saturated carbocycles. The zero-order chi connectivity index (χ0) is 17.7. The third-order valence-corrected chi connectivity index (χ3v) is 2.81. The first-order valence-electron chi connectivity index (χ1n) is 7.37. The number of alkyl carbamates (subject to hydrolysis) is 1. The van der Waals surface area contributed by atoms with Crippen molar-refractivity contribution in [3.05, 3.63) is 44.7 Å². The molecule has 2 rings (SSSR count). The molecule has 0 bridgehead atoms. The molecule has 0 unspecified atom stereocenters. The van der Waals surface area contributed by atoms with Crippen LogP contribution >= 0.6 is 0 Å². The van der Waals surface area contributed by atoms with E-state index in [2.05, 4.69) is 26.6 Å². The van der Waals surface area contributed by atoms with Crippen LogP contribution in [0.3, 0.4) is 0 Å². The quantitative estimate of drug-likeness (QED) is 0.645. The number of fused-ring (bicyclic) bond motifs is 1. The number of rotatable bonds is 2. The number of benzene rings is 1. The number of nitrogens with one attached hydrogen (secondary N) is 2. The number of aromatic amines is 1. The van der Waals surface area contributed by atoms with Gasteiger partial charge in [-0.15, -0.1) is 0 Å². The molecule has 0 radical (unpaired) electrons. The van der Waals surface area contributed by atoms with Crippen LogP contribution in [-0.2, 0) is 4.74 Å². The number of aromatic nitrogens is 1. The van der Waals surface area contributed by atoms with E-state index in [0.717, 1.165) is 0 Å². The maximum Gasteiger partial charge on any atom is 0.419 e. The van der Waals surface area contributed by atoms with E-state index in [1.54, 1.807) is 39.0 Å². The van der Waals surface area contributed by atoms with E-state index in [1.807, 2.05) is 0 Å². The molecule has 0 aliphatic carbocycles. The van der Waals surface area contributed by atoms with Crippen LogP contribution in [0.4, 0.5) is 4.79 Å². The van der Waals surface area contributed by atoms with E-state index < -0.39 is 23.1 Å². The average molecular weight is 330 g/mol. The SMILES string of the molecule is CC(C)(C)OC(=O)NCCC#Cc1ccc2[nH]c(=O)oc(=O)c2c1. The Labute approximate surface area is 138 Å². The Kier molecular flexibility index (Phi) is 5.09. The number of H-pyrrole nitrogens is 1. The van der Waals surface area contributed by atoms with E-state index in [4.69, 9.17) is 4.74 Å². The molecule has 0 atom stereocenters. The molecule has 7 nitrogen and oxygen atoms in total. The van der Waals surface area contributed by atoms with Crippen LogP contribution in [0.2, 0.25) is 0 Å². The van der Waals surface area contributed by atoms with Gasteiger partial charge in [-0.05, 0) is 39.0 Å². The molecule has 1 amide bonds. The third-order valence-electron chi connectivity index (χ3n) is 2.81. The molecular weight excluding hydrogens is 312 g/mol. The molecule has 1 heterocycles. The summed E-state index contributed by atoms with van der Waals surface area (Å²) in [5.41, 5.74) is -0.236. The summed E-state index contributed by atoms with van der Waals surface area (Å²) in [7, 11) is 0. The topological polar surface area (TPSA) is 101 Å². The standard InChI is InChI=1S/C17H18N2O5/c1-17(2,3)24-15(21)18-9-5-4-6-11-7-8-13-12(10-11)14(20)23-16(22)19-13/h7-8,10H,5,9H2,1-3H3,(H,18,21)(H,19,22). The molecule has 0 aliphatic heterocycles. The van der Waals surface area contributed by atoms with Crippen LogP contribution in [0.5, 0.6) is 0 Å². The molecule has 0 fully saturated rings.